The first kappa shape index (κ1) is 10.1. The maximum atomic E-state index is 11.0. The molecule has 0 aliphatic rings. The molecule has 1 unspecified atom stereocenters. The molecule has 1 amide bonds. The van der Waals surface area contributed by atoms with E-state index in [4.69, 9.17) is 5.11 Å². The van der Waals surface area contributed by atoms with Crippen LogP contribution in [0.4, 0.5) is 0 Å². The largest absolute Gasteiger partial charge is 0.481 e. The summed E-state index contributed by atoms with van der Waals surface area (Å²) in [6.07, 6.45) is -0.567. The van der Waals surface area contributed by atoms with Crippen molar-refractivity contribution in [1.29, 1.82) is 0 Å². The molecule has 0 radical (unpaired) electrons. The van der Waals surface area contributed by atoms with Gasteiger partial charge in [-0.05, 0) is 6.92 Å². The molecule has 1 heterocycles. The molecule has 76 valence electrons. The van der Waals surface area contributed by atoms with E-state index in [-0.39, 0.29) is 0 Å². The van der Waals surface area contributed by atoms with Crippen LogP contribution in [0.3, 0.4) is 0 Å². The topological polar surface area (TPSA) is 121 Å². The Kier molecular flexibility index (Phi) is 3.10. The van der Waals surface area contributed by atoms with E-state index in [1.807, 2.05) is 0 Å². The molecule has 1 rings (SSSR count). The number of tetrazole rings is 1. The van der Waals surface area contributed by atoms with Crippen LogP contribution in [0.15, 0.2) is 0 Å². The van der Waals surface area contributed by atoms with Gasteiger partial charge in [0.05, 0.1) is 6.04 Å². The number of carboxylic acid groups (broad SMARTS) is 1. The lowest BCUT2D eigenvalue weighted by Gasteiger charge is -2.07. The predicted molar refractivity (Wildman–Crippen MR) is 43.0 cm³/mol. The van der Waals surface area contributed by atoms with Gasteiger partial charge in [0.15, 0.2) is 5.82 Å². The Morgan fingerprint density at radius 2 is 2.36 bits per heavy atom. The number of aromatic nitrogens is 4. The standard InChI is InChI=1S/C6H9N5O3/c1-3(6-8-10-11-9-6)7-4(12)2-5(13)14/h3H,2H2,1H3,(H,7,12)(H,13,14)(H,8,9,10,11). The van der Waals surface area contributed by atoms with E-state index in [9.17, 15) is 9.59 Å². The normalized spacial score (nSPS) is 12.1. The van der Waals surface area contributed by atoms with Crippen molar-refractivity contribution < 1.29 is 14.7 Å². The molecule has 1 aromatic rings. The summed E-state index contributed by atoms with van der Waals surface area (Å²) in [5.41, 5.74) is 0. The molecule has 0 aliphatic carbocycles. The van der Waals surface area contributed by atoms with Crippen LogP contribution in [0.2, 0.25) is 0 Å². The summed E-state index contributed by atoms with van der Waals surface area (Å²) >= 11 is 0. The van der Waals surface area contributed by atoms with Gasteiger partial charge in [-0.2, -0.15) is 5.21 Å². The lowest BCUT2D eigenvalue weighted by atomic mass is 10.3. The summed E-state index contributed by atoms with van der Waals surface area (Å²) in [6.45, 7) is 1.63. The molecule has 0 fully saturated rings. The van der Waals surface area contributed by atoms with Crippen molar-refractivity contribution in [3.63, 3.8) is 0 Å². The Bertz CT molecular complexity index is 322. The van der Waals surface area contributed by atoms with Crippen LogP contribution in [0.25, 0.3) is 0 Å². The van der Waals surface area contributed by atoms with Crippen molar-refractivity contribution in [2.45, 2.75) is 19.4 Å². The van der Waals surface area contributed by atoms with E-state index in [1.54, 1.807) is 6.92 Å². The maximum Gasteiger partial charge on any atom is 0.312 e. The van der Waals surface area contributed by atoms with Gasteiger partial charge in [0.2, 0.25) is 5.91 Å². The minimum atomic E-state index is -1.18. The third-order valence-corrected chi connectivity index (χ3v) is 1.44. The average Bonchev–Trinajstić information content (AvgIpc) is 2.53. The van der Waals surface area contributed by atoms with Gasteiger partial charge in [-0.1, -0.05) is 5.21 Å². The number of carbonyl (C=O) groups is 2. The molecular formula is C6H9N5O3. The van der Waals surface area contributed by atoms with Crippen LogP contribution in [0.5, 0.6) is 0 Å². The maximum absolute atomic E-state index is 11.0. The summed E-state index contributed by atoms with van der Waals surface area (Å²) in [7, 11) is 0. The van der Waals surface area contributed by atoms with Gasteiger partial charge in [0.1, 0.15) is 6.42 Å². The summed E-state index contributed by atoms with van der Waals surface area (Å²) in [5, 5.41) is 23.5. The highest BCUT2D eigenvalue weighted by molar-refractivity contribution is 5.93. The highest BCUT2D eigenvalue weighted by Gasteiger charge is 2.14. The molecule has 0 aliphatic heterocycles. The van der Waals surface area contributed by atoms with Gasteiger partial charge in [-0.3, -0.25) is 9.59 Å². The van der Waals surface area contributed by atoms with E-state index in [0.29, 0.717) is 5.82 Å². The van der Waals surface area contributed by atoms with Crippen LogP contribution in [0, 0.1) is 0 Å². The number of nitrogens with one attached hydrogen (secondary N) is 2. The summed E-state index contributed by atoms with van der Waals surface area (Å²) in [6, 6.07) is -0.458. The third kappa shape index (κ3) is 2.81. The van der Waals surface area contributed by atoms with Crippen LogP contribution >= 0.6 is 0 Å². The molecule has 14 heavy (non-hydrogen) atoms. The number of H-pyrrole nitrogens is 1. The summed E-state index contributed by atoms with van der Waals surface area (Å²) < 4.78 is 0. The Morgan fingerprint density at radius 1 is 1.64 bits per heavy atom. The summed E-state index contributed by atoms with van der Waals surface area (Å²) in [5.74, 6) is -1.46. The lowest BCUT2D eigenvalue weighted by molar-refractivity contribution is -0.140. The second kappa shape index (κ2) is 4.30. The molecule has 0 saturated carbocycles. The fraction of sp³-hybridized carbons (Fsp3) is 0.500. The summed E-state index contributed by atoms with van der Waals surface area (Å²) in [4.78, 5) is 21.1. The van der Waals surface area contributed by atoms with Gasteiger partial charge >= 0.3 is 5.97 Å². The molecule has 8 nitrogen and oxygen atoms in total. The van der Waals surface area contributed by atoms with Crippen LogP contribution in [-0.4, -0.2) is 37.6 Å². The van der Waals surface area contributed by atoms with Crippen LogP contribution in [-0.2, 0) is 9.59 Å². The van der Waals surface area contributed by atoms with E-state index < -0.39 is 24.3 Å². The molecule has 3 N–H and O–H groups in total. The van der Waals surface area contributed by atoms with E-state index in [0.717, 1.165) is 0 Å². The fourth-order valence-electron chi connectivity index (χ4n) is 0.847. The number of carboxylic acids is 1. The first-order valence-electron chi connectivity index (χ1n) is 3.84. The SMILES string of the molecule is CC(NC(=O)CC(=O)O)c1nn[nH]n1. The van der Waals surface area contributed by atoms with Gasteiger partial charge in [-0.25, -0.2) is 0 Å². The van der Waals surface area contributed by atoms with Crippen LogP contribution in [0.1, 0.15) is 25.2 Å². The average molecular weight is 199 g/mol. The number of aromatic amines is 1. The van der Waals surface area contributed by atoms with Crippen molar-refractivity contribution in [3.8, 4) is 0 Å². The molecule has 0 bridgehead atoms. The first-order chi connectivity index (χ1) is 6.59. The molecule has 8 heteroatoms. The molecule has 0 aromatic carbocycles. The van der Waals surface area contributed by atoms with E-state index in [1.165, 1.54) is 0 Å². The van der Waals surface area contributed by atoms with Crippen molar-refractivity contribution in [1.82, 2.24) is 25.9 Å². The van der Waals surface area contributed by atoms with E-state index in [2.05, 4.69) is 25.9 Å². The predicted octanol–water partition coefficient (Wildman–Crippen LogP) is -1.15. The van der Waals surface area contributed by atoms with E-state index >= 15 is 0 Å². The second-order valence-electron chi connectivity index (χ2n) is 2.63. The number of nitrogens with zero attached hydrogens (tertiary/aromatic N) is 3. The number of amides is 1. The zero-order valence-electron chi connectivity index (χ0n) is 7.39. The number of carbonyl (C=O) groups excluding carboxylic acids is 1. The van der Waals surface area contributed by atoms with Crippen LogP contribution < -0.4 is 5.32 Å². The zero-order valence-corrected chi connectivity index (χ0v) is 7.39. The smallest absolute Gasteiger partial charge is 0.312 e. The van der Waals surface area contributed by atoms with Gasteiger partial charge in [-0.15, -0.1) is 10.2 Å². The van der Waals surface area contributed by atoms with Crippen molar-refractivity contribution in [2.24, 2.45) is 0 Å². The Labute approximate surface area is 78.7 Å². The Morgan fingerprint density at radius 3 is 2.86 bits per heavy atom. The second-order valence-corrected chi connectivity index (χ2v) is 2.63. The number of hydrogen-bond donors (Lipinski definition) is 3. The van der Waals surface area contributed by atoms with Gasteiger partial charge < -0.3 is 10.4 Å². The van der Waals surface area contributed by atoms with Crippen molar-refractivity contribution in [3.05, 3.63) is 5.82 Å². The third-order valence-electron chi connectivity index (χ3n) is 1.44. The quantitative estimate of drug-likeness (QED) is 0.526. The Balaban J connectivity index is 2.45. The molecule has 0 saturated heterocycles. The Hall–Kier alpha value is -1.99. The molecule has 1 aromatic heterocycles. The number of aliphatic carboxylic acids is 1. The number of rotatable bonds is 4. The fourth-order valence-corrected chi connectivity index (χ4v) is 0.847. The zero-order chi connectivity index (χ0) is 10.6. The number of hydrogen-bond acceptors (Lipinski definition) is 5. The lowest BCUT2D eigenvalue weighted by Crippen LogP contribution is -2.29. The minimum absolute atomic E-state index is 0.309. The highest BCUT2D eigenvalue weighted by Crippen LogP contribution is 2.02. The minimum Gasteiger partial charge on any atom is -0.481 e. The first-order valence-corrected chi connectivity index (χ1v) is 3.84. The van der Waals surface area contributed by atoms with Crippen molar-refractivity contribution >= 4 is 11.9 Å². The molecule has 1 atom stereocenters. The monoisotopic (exact) mass is 199 g/mol. The highest BCUT2D eigenvalue weighted by atomic mass is 16.4. The van der Waals surface area contributed by atoms with Crippen molar-refractivity contribution in [2.75, 3.05) is 0 Å². The van der Waals surface area contributed by atoms with Gasteiger partial charge in [0.25, 0.3) is 0 Å². The van der Waals surface area contributed by atoms with Gasteiger partial charge in [0, 0.05) is 0 Å². The molecular weight excluding hydrogens is 190 g/mol. The molecule has 0 spiro atoms.